The van der Waals surface area contributed by atoms with E-state index in [0.29, 0.717) is 112 Å². The molecule has 0 atom stereocenters. The summed E-state index contributed by atoms with van der Waals surface area (Å²) in [6.07, 6.45) is 22.9. The molecule has 0 saturated heterocycles. The fraction of sp³-hybridized carbons (Fsp3) is 0.941. The summed E-state index contributed by atoms with van der Waals surface area (Å²) in [6.45, 7) is 12.2. The number of hydrogen-bond donors (Lipinski definition) is 0. The Morgan fingerprint density at radius 2 is 0.535 bits per heavy atom. The lowest BCUT2D eigenvalue weighted by atomic mass is 10.0. The molecule has 0 unspecified atom stereocenters. The zero-order valence-corrected chi connectivity index (χ0v) is 27.7. The first-order chi connectivity index (χ1) is 21.4. The van der Waals surface area contributed by atoms with Gasteiger partial charge in [-0.2, -0.15) is 0 Å². The third-order valence-corrected chi connectivity index (χ3v) is 6.55. The smallest absolute Gasteiger partial charge is 0.107 e. The van der Waals surface area contributed by atoms with E-state index < -0.39 is 0 Å². The van der Waals surface area contributed by atoms with E-state index in [2.05, 4.69) is 12.8 Å². The van der Waals surface area contributed by atoms with Gasteiger partial charge in [0.05, 0.1) is 106 Å². The molecule has 0 N–H and O–H groups in total. The Morgan fingerprint density at radius 1 is 0.302 bits per heavy atom. The van der Waals surface area contributed by atoms with Gasteiger partial charge < -0.3 is 42.6 Å². The van der Waals surface area contributed by atoms with E-state index in [1.165, 1.54) is 77.0 Å². The molecular weight excluding hydrogens is 552 g/mol. The highest BCUT2D eigenvalue weighted by Crippen LogP contribution is 2.12. The second-order valence-electron chi connectivity index (χ2n) is 10.4. The summed E-state index contributed by atoms with van der Waals surface area (Å²) in [4.78, 5) is 0. The van der Waals surface area contributed by atoms with Crippen LogP contribution in [0, 0.1) is 12.3 Å². The molecular formula is C34H66O9. The molecule has 0 bridgehead atoms. The van der Waals surface area contributed by atoms with Crippen LogP contribution in [0.15, 0.2) is 0 Å². The van der Waals surface area contributed by atoms with Crippen molar-refractivity contribution in [1.29, 1.82) is 0 Å². The third kappa shape index (κ3) is 41.2. The molecule has 0 aliphatic carbocycles. The topological polar surface area (TPSA) is 83.1 Å². The Bertz CT molecular complexity index is 530. The zero-order chi connectivity index (χ0) is 31.0. The van der Waals surface area contributed by atoms with Crippen molar-refractivity contribution in [2.24, 2.45) is 0 Å². The molecule has 0 aromatic rings. The highest BCUT2D eigenvalue weighted by atomic mass is 16.6. The van der Waals surface area contributed by atoms with Gasteiger partial charge in [-0.3, -0.25) is 0 Å². The lowest BCUT2D eigenvalue weighted by molar-refractivity contribution is -0.0246. The minimum absolute atomic E-state index is 0.315. The summed E-state index contributed by atoms with van der Waals surface area (Å²) in [6, 6.07) is 0. The van der Waals surface area contributed by atoms with E-state index in [1.807, 2.05) is 0 Å². The Morgan fingerprint density at radius 3 is 0.814 bits per heavy atom. The van der Waals surface area contributed by atoms with Crippen LogP contribution in [0.2, 0.25) is 0 Å². The van der Waals surface area contributed by atoms with Crippen LogP contribution in [0.1, 0.15) is 90.4 Å². The van der Waals surface area contributed by atoms with Crippen molar-refractivity contribution in [2.75, 3.05) is 119 Å². The molecule has 0 amide bonds. The monoisotopic (exact) mass is 618 g/mol. The van der Waals surface area contributed by atoms with Crippen LogP contribution in [0.4, 0.5) is 0 Å². The van der Waals surface area contributed by atoms with Crippen LogP contribution < -0.4 is 0 Å². The van der Waals surface area contributed by atoms with Crippen LogP contribution in [0.3, 0.4) is 0 Å². The summed E-state index contributed by atoms with van der Waals surface area (Å²) in [5.41, 5.74) is 0. The van der Waals surface area contributed by atoms with Crippen LogP contribution in [-0.2, 0) is 42.6 Å². The van der Waals surface area contributed by atoms with E-state index in [0.717, 1.165) is 13.0 Å². The van der Waals surface area contributed by atoms with E-state index in [9.17, 15) is 0 Å². The highest BCUT2D eigenvalue weighted by molar-refractivity contribution is 4.82. The minimum Gasteiger partial charge on any atom is -0.379 e. The fourth-order valence-corrected chi connectivity index (χ4v) is 4.11. The van der Waals surface area contributed by atoms with Gasteiger partial charge in [-0.05, 0) is 6.42 Å². The SMILES string of the molecule is C#CCOCCOCCOCCOCCOCCOCCOCCOCCOCCCCCCCCCCCCCCC. The van der Waals surface area contributed by atoms with Crippen LogP contribution in [0.25, 0.3) is 0 Å². The molecule has 0 fully saturated rings. The lowest BCUT2D eigenvalue weighted by Gasteiger charge is -2.09. The lowest BCUT2D eigenvalue weighted by Crippen LogP contribution is -2.15. The van der Waals surface area contributed by atoms with Crippen molar-refractivity contribution < 1.29 is 42.6 Å². The van der Waals surface area contributed by atoms with Crippen molar-refractivity contribution in [2.45, 2.75) is 90.4 Å². The number of terminal acetylenes is 1. The Kier molecular flexibility index (Phi) is 40.4. The second kappa shape index (κ2) is 41.2. The molecule has 0 saturated carbocycles. The number of unbranched alkanes of at least 4 members (excludes halogenated alkanes) is 12. The first-order valence-electron chi connectivity index (χ1n) is 17.0. The van der Waals surface area contributed by atoms with Crippen molar-refractivity contribution in [3.05, 3.63) is 0 Å². The van der Waals surface area contributed by atoms with Crippen LogP contribution in [-0.4, -0.2) is 119 Å². The predicted octanol–water partition coefficient (Wildman–Crippen LogP) is 5.86. The Labute approximate surface area is 264 Å². The summed E-state index contributed by atoms with van der Waals surface area (Å²) in [7, 11) is 0. The van der Waals surface area contributed by atoms with Gasteiger partial charge >= 0.3 is 0 Å². The summed E-state index contributed by atoms with van der Waals surface area (Å²) < 4.78 is 49.0. The molecule has 9 heteroatoms. The Hall–Kier alpha value is -0.800. The fourth-order valence-electron chi connectivity index (χ4n) is 4.11. The molecule has 0 aliphatic heterocycles. The number of ether oxygens (including phenoxy) is 9. The molecule has 0 heterocycles. The van der Waals surface area contributed by atoms with E-state index in [4.69, 9.17) is 49.1 Å². The number of rotatable bonds is 39. The maximum atomic E-state index is 5.66. The van der Waals surface area contributed by atoms with Gasteiger partial charge in [0.1, 0.15) is 6.61 Å². The Balaban J connectivity index is 3.03. The van der Waals surface area contributed by atoms with Crippen molar-refractivity contribution >= 4 is 0 Å². The summed E-state index contributed by atoms with van der Waals surface area (Å²) in [5.74, 6) is 2.40. The van der Waals surface area contributed by atoms with Crippen molar-refractivity contribution in [3.63, 3.8) is 0 Å². The maximum absolute atomic E-state index is 5.66. The van der Waals surface area contributed by atoms with Crippen LogP contribution >= 0.6 is 0 Å². The van der Waals surface area contributed by atoms with E-state index in [-0.39, 0.29) is 0 Å². The second-order valence-corrected chi connectivity index (χ2v) is 10.4. The molecule has 9 nitrogen and oxygen atoms in total. The quantitative estimate of drug-likeness (QED) is 0.0621. The molecule has 43 heavy (non-hydrogen) atoms. The van der Waals surface area contributed by atoms with Gasteiger partial charge in [0.25, 0.3) is 0 Å². The maximum Gasteiger partial charge on any atom is 0.107 e. The molecule has 0 radical (unpaired) electrons. The largest absolute Gasteiger partial charge is 0.379 e. The van der Waals surface area contributed by atoms with Crippen molar-refractivity contribution in [1.82, 2.24) is 0 Å². The molecule has 256 valence electrons. The zero-order valence-electron chi connectivity index (χ0n) is 27.7. The first kappa shape index (κ1) is 42.2. The van der Waals surface area contributed by atoms with Gasteiger partial charge in [0.2, 0.25) is 0 Å². The molecule has 0 aromatic heterocycles. The molecule has 0 aliphatic rings. The van der Waals surface area contributed by atoms with Crippen molar-refractivity contribution in [3.8, 4) is 12.3 Å². The van der Waals surface area contributed by atoms with Gasteiger partial charge in [0.15, 0.2) is 0 Å². The van der Waals surface area contributed by atoms with Crippen LogP contribution in [0.5, 0.6) is 0 Å². The highest BCUT2D eigenvalue weighted by Gasteiger charge is 1.97. The van der Waals surface area contributed by atoms with Gasteiger partial charge in [-0.1, -0.05) is 89.9 Å². The number of hydrogen-bond acceptors (Lipinski definition) is 9. The average Bonchev–Trinajstić information content (AvgIpc) is 3.02. The van der Waals surface area contributed by atoms with E-state index in [1.54, 1.807) is 0 Å². The minimum atomic E-state index is 0.315. The molecule has 0 rings (SSSR count). The molecule has 0 spiro atoms. The third-order valence-electron chi connectivity index (χ3n) is 6.55. The summed E-state index contributed by atoms with van der Waals surface area (Å²) in [5, 5.41) is 0. The van der Waals surface area contributed by atoms with Gasteiger partial charge in [-0.15, -0.1) is 6.42 Å². The van der Waals surface area contributed by atoms with Gasteiger partial charge in [-0.25, -0.2) is 0 Å². The normalized spacial score (nSPS) is 11.3. The standard InChI is InChI=1S/C34H66O9/c1-3-5-6-7-8-9-10-11-12-13-14-15-16-18-36-20-22-38-24-26-40-28-30-42-32-34-43-33-31-41-29-27-39-25-23-37-21-19-35-17-4-2/h2H,3,5-34H2,1H3. The predicted molar refractivity (Wildman–Crippen MR) is 172 cm³/mol. The van der Waals surface area contributed by atoms with Gasteiger partial charge in [0, 0.05) is 6.61 Å². The first-order valence-corrected chi connectivity index (χ1v) is 17.0. The average molecular weight is 619 g/mol. The molecule has 0 aromatic carbocycles. The summed E-state index contributed by atoms with van der Waals surface area (Å²) >= 11 is 0. The van der Waals surface area contributed by atoms with E-state index >= 15 is 0 Å².